The Kier molecular flexibility index (Phi) is 12.2. The van der Waals surface area contributed by atoms with Crippen LogP contribution < -0.4 is 20.5 Å². The monoisotopic (exact) mass is 535 g/mol. The number of ether oxygens (including phenoxy) is 2. The molecule has 10 heteroatoms. The van der Waals surface area contributed by atoms with E-state index in [9.17, 15) is 18.3 Å². The molecule has 1 amide bonds. The van der Waals surface area contributed by atoms with Crippen molar-refractivity contribution in [1.82, 2.24) is 9.62 Å². The number of nitrogens with two attached hydrogens (primary N) is 1. The van der Waals surface area contributed by atoms with Crippen LogP contribution in [0, 0.1) is 5.92 Å². The van der Waals surface area contributed by atoms with Crippen LogP contribution in [-0.4, -0.2) is 63.7 Å². The van der Waals surface area contributed by atoms with Gasteiger partial charge in [-0.2, -0.15) is 4.31 Å². The average Bonchev–Trinajstić information content (AvgIpc) is 2.88. The van der Waals surface area contributed by atoms with Gasteiger partial charge in [-0.3, -0.25) is 4.79 Å². The number of carbonyl (C=O) groups excluding carboxylic acids is 1. The first kappa shape index (κ1) is 30.4. The molecule has 0 fully saturated rings. The van der Waals surface area contributed by atoms with E-state index < -0.39 is 16.1 Å². The van der Waals surface area contributed by atoms with Gasteiger partial charge in [-0.25, -0.2) is 8.42 Å². The van der Waals surface area contributed by atoms with Crippen LogP contribution in [0.1, 0.15) is 45.1 Å². The minimum Gasteiger partial charge on any atom is -0.493 e. The number of sulfonamides is 1. The highest BCUT2D eigenvalue weighted by Gasteiger charge is 2.31. The van der Waals surface area contributed by atoms with Crippen molar-refractivity contribution in [2.75, 3.05) is 39.6 Å². The molecule has 2 aromatic rings. The first-order chi connectivity index (χ1) is 17.6. The van der Waals surface area contributed by atoms with Crippen LogP contribution in [-0.2, 0) is 21.2 Å². The van der Waals surface area contributed by atoms with Crippen LogP contribution in [0.15, 0.2) is 47.4 Å². The molecule has 4 N–H and O–H groups in total. The van der Waals surface area contributed by atoms with Crippen LogP contribution >= 0.6 is 0 Å². The average molecular weight is 536 g/mol. The molecule has 206 valence electrons. The number of unbranched alkanes of at least 4 members (excludes halogenated alkanes) is 1. The molecule has 0 aromatic heterocycles. The van der Waals surface area contributed by atoms with E-state index in [4.69, 9.17) is 15.2 Å². The zero-order chi connectivity index (χ0) is 27.4. The van der Waals surface area contributed by atoms with E-state index in [0.717, 1.165) is 5.56 Å². The van der Waals surface area contributed by atoms with Gasteiger partial charge in [0.1, 0.15) is 0 Å². The van der Waals surface area contributed by atoms with Gasteiger partial charge in [0, 0.05) is 31.2 Å². The van der Waals surface area contributed by atoms with Crippen LogP contribution in [0.25, 0.3) is 0 Å². The second-order valence-corrected chi connectivity index (χ2v) is 11.3. The Morgan fingerprint density at radius 3 is 2.38 bits per heavy atom. The Labute approximate surface area is 221 Å². The number of methoxy groups -OCH3 is 2. The lowest BCUT2D eigenvalue weighted by atomic mass is 10.1. The summed E-state index contributed by atoms with van der Waals surface area (Å²) in [5.74, 6) is 1.27. The number of aryl methyl sites for hydroxylation is 1. The van der Waals surface area contributed by atoms with Gasteiger partial charge in [-0.1, -0.05) is 32.4 Å². The van der Waals surface area contributed by atoms with E-state index in [1.165, 1.54) is 16.4 Å². The minimum atomic E-state index is -3.80. The number of benzene rings is 2. The van der Waals surface area contributed by atoms with Gasteiger partial charge in [-0.15, -0.1) is 0 Å². The lowest BCUT2D eigenvalue weighted by Gasteiger charge is -2.31. The maximum absolute atomic E-state index is 13.3. The molecule has 0 heterocycles. The zero-order valence-electron chi connectivity index (χ0n) is 22.3. The second-order valence-electron chi connectivity index (χ2n) is 9.37. The highest BCUT2D eigenvalue weighted by atomic mass is 32.2. The number of rotatable bonds is 16. The minimum absolute atomic E-state index is 0.0732. The second kappa shape index (κ2) is 14.8. The number of hydrogen-bond acceptors (Lipinski definition) is 7. The summed E-state index contributed by atoms with van der Waals surface area (Å²) < 4.78 is 38.8. The number of aliphatic hydroxyl groups is 1. The van der Waals surface area contributed by atoms with Crippen molar-refractivity contribution in [3.8, 4) is 11.5 Å². The predicted octanol–water partition coefficient (Wildman–Crippen LogP) is 3.21. The topological polar surface area (TPSA) is 131 Å². The van der Waals surface area contributed by atoms with Gasteiger partial charge in [0.2, 0.25) is 15.9 Å². The Balaban J connectivity index is 1.88. The first-order valence-corrected chi connectivity index (χ1v) is 14.0. The molecule has 0 aliphatic carbocycles. The van der Waals surface area contributed by atoms with Gasteiger partial charge in [0.05, 0.1) is 25.7 Å². The molecule has 0 aliphatic heterocycles. The van der Waals surface area contributed by atoms with E-state index in [2.05, 4.69) is 5.32 Å². The summed E-state index contributed by atoms with van der Waals surface area (Å²) in [6, 6.07) is 11.1. The highest BCUT2D eigenvalue weighted by Crippen LogP contribution is 2.31. The summed E-state index contributed by atoms with van der Waals surface area (Å²) in [4.78, 5) is 12.5. The number of hydrogen-bond donors (Lipinski definition) is 3. The Bertz CT molecular complexity index is 1090. The number of amides is 1. The Hall–Kier alpha value is -2.82. The molecule has 0 spiro atoms. The normalized spacial score (nSPS) is 12.5. The zero-order valence-corrected chi connectivity index (χ0v) is 23.1. The van der Waals surface area contributed by atoms with Gasteiger partial charge >= 0.3 is 0 Å². The van der Waals surface area contributed by atoms with Gasteiger partial charge in [0.25, 0.3) is 0 Å². The maximum atomic E-state index is 13.3. The van der Waals surface area contributed by atoms with Crippen molar-refractivity contribution in [3.05, 3.63) is 48.0 Å². The molecule has 0 radical (unpaired) electrons. The molecule has 9 nitrogen and oxygen atoms in total. The third-order valence-corrected chi connectivity index (χ3v) is 7.97. The van der Waals surface area contributed by atoms with Crippen LogP contribution in [0.4, 0.5) is 5.69 Å². The standard InChI is InChI=1S/C27H41N3O6S/c1-20(2)18-30(37(33,34)24-14-12-22(28)13-15-24)23(19-31)9-5-6-17-29-26(32)16-11-21-8-7-10-25(35-3)27(21)36-4/h7-8,10,12-15,20,23,31H,5-6,9,11,16-19,28H2,1-4H3,(H,29,32)/t23-/m0/s1. The van der Waals surface area contributed by atoms with Gasteiger partial charge in [0.15, 0.2) is 11.5 Å². The molecule has 1 atom stereocenters. The summed E-state index contributed by atoms with van der Waals surface area (Å²) in [6.07, 6.45) is 2.63. The molecular weight excluding hydrogens is 494 g/mol. The molecule has 0 saturated carbocycles. The fourth-order valence-corrected chi connectivity index (χ4v) is 5.93. The van der Waals surface area contributed by atoms with E-state index >= 15 is 0 Å². The SMILES string of the molecule is COc1cccc(CCC(=O)NCCCC[C@@H](CO)N(CC(C)C)S(=O)(=O)c2ccc(N)cc2)c1OC. The van der Waals surface area contributed by atoms with E-state index in [1.807, 2.05) is 32.0 Å². The smallest absolute Gasteiger partial charge is 0.243 e. The summed E-state index contributed by atoms with van der Waals surface area (Å²) in [7, 11) is -0.648. The summed E-state index contributed by atoms with van der Waals surface area (Å²) in [5.41, 5.74) is 7.09. The van der Waals surface area contributed by atoms with Crippen molar-refractivity contribution in [1.29, 1.82) is 0 Å². The molecule has 37 heavy (non-hydrogen) atoms. The Morgan fingerprint density at radius 1 is 1.08 bits per heavy atom. The fraction of sp³-hybridized carbons (Fsp3) is 0.519. The lowest BCUT2D eigenvalue weighted by Crippen LogP contribution is -2.44. The van der Waals surface area contributed by atoms with Crippen molar-refractivity contribution < 1.29 is 27.8 Å². The molecular formula is C27H41N3O6S. The summed E-state index contributed by atoms with van der Waals surface area (Å²) in [6.45, 7) is 4.37. The summed E-state index contributed by atoms with van der Waals surface area (Å²) >= 11 is 0. The molecule has 2 rings (SSSR count). The molecule has 0 bridgehead atoms. The first-order valence-electron chi connectivity index (χ1n) is 12.6. The van der Waals surface area contributed by atoms with E-state index in [0.29, 0.717) is 62.4 Å². The molecule has 0 saturated heterocycles. The van der Waals surface area contributed by atoms with E-state index in [1.54, 1.807) is 26.4 Å². The lowest BCUT2D eigenvalue weighted by molar-refractivity contribution is -0.121. The van der Waals surface area contributed by atoms with Gasteiger partial charge in [-0.05, 0) is 61.1 Å². The number of nitrogens with one attached hydrogen (secondary N) is 1. The third-order valence-electron chi connectivity index (χ3n) is 6.04. The molecule has 2 aromatic carbocycles. The van der Waals surface area contributed by atoms with Crippen molar-refractivity contribution in [2.45, 2.75) is 56.9 Å². The van der Waals surface area contributed by atoms with Gasteiger partial charge < -0.3 is 25.6 Å². The van der Waals surface area contributed by atoms with Crippen LogP contribution in [0.3, 0.4) is 0 Å². The Morgan fingerprint density at radius 2 is 1.78 bits per heavy atom. The number of aliphatic hydroxyl groups excluding tert-OH is 1. The highest BCUT2D eigenvalue weighted by molar-refractivity contribution is 7.89. The number of carbonyl (C=O) groups is 1. The van der Waals surface area contributed by atoms with Crippen LogP contribution in [0.5, 0.6) is 11.5 Å². The van der Waals surface area contributed by atoms with E-state index in [-0.39, 0.29) is 23.3 Å². The number of para-hydroxylation sites is 1. The van der Waals surface area contributed by atoms with Crippen molar-refractivity contribution >= 4 is 21.6 Å². The van der Waals surface area contributed by atoms with Crippen LogP contribution in [0.2, 0.25) is 0 Å². The number of nitrogen functional groups attached to an aromatic ring is 1. The maximum Gasteiger partial charge on any atom is 0.243 e. The molecule has 0 aliphatic rings. The fourth-order valence-electron chi connectivity index (χ4n) is 4.12. The predicted molar refractivity (Wildman–Crippen MR) is 145 cm³/mol. The molecule has 0 unspecified atom stereocenters. The summed E-state index contributed by atoms with van der Waals surface area (Å²) in [5, 5.41) is 13.0. The quantitative estimate of drug-likeness (QED) is 0.222. The van der Waals surface area contributed by atoms with Crippen molar-refractivity contribution in [2.24, 2.45) is 5.92 Å². The number of nitrogens with zero attached hydrogens (tertiary/aromatic N) is 1. The number of anilines is 1. The van der Waals surface area contributed by atoms with Crippen molar-refractivity contribution in [3.63, 3.8) is 0 Å². The third kappa shape index (κ3) is 8.91. The largest absolute Gasteiger partial charge is 0.493 e.